The van der Waals surface area contributed by atoms with E-state index in [-0.39, 0.29) is 36.3 Å². The number of nitrogens with zero attached hydrogens (tertiary/aromatic N) is 2. The van der Waals surface area contributed by atoms with E-state index in [0.29, 0.717) is 18.7 Å². The van der Waals surface area contributed by atoms with Crippen LogP contribution in [0.25, 0.3) is 12.2 Å². The third-order valence-corrected chi connectivity index (χ3v) is 7.34. The molecule has 0 unspecified atom stereocenters. The number of rotatable bonds is 5. The minimum atomic E-state index is -0.340. The Morgan fingerprint density at radius 3 is 2.23 bits per heavy atom. The molecule has 1 N–H and O–H groups in total. The Labute approximate surface area is 206 Å². The van der Waals surface area contributed by atoms with E-state index in [4.69, 9.17) is 0 Å². The molecule has 2 fully saturated rings. The first-order valence-corrected chi connectivity index (χ1v) is 12.4. The first-order valence-electron chi connectivity index (χ1n) is 12.4. The van der Waals surface area contributed by atoms with Gasteiger partial charge < -0.3 is 10.0 Å². The summed E-state index contributed by atoms with van der Waals surface area (Å²) in [5.41, 5.74) is 3.99. The van der Waals surface area contributed by atoms with Gasteiger partial charge in [0.2, 0.25) is 0 Å². The van der Waals surface area contributed by atoms with Crippen molar-refractivity contribution in [2.75, 3.05) is 26.2 Å². The van der Waals surface area contributed by atoms with Crippen molar-refractivity contribution in [3.8, 4) is 0 Å². The van der Waals surface area contributed by atoms with Crippen molar-refractivity contribution in [1.82, 2.24) is 9.80 Å². The van der Waals surface area contributed by atoms with Crippen molar-refractivity contribution < 1.29 is 14.3 Å². The number of aliphatic hydroxyl groups excluding tert-OH is 1. The van der Waals surface area contributed by atoms with Gasteiger partial charge in [0.25, 0.3) is 5.91 Å². The molecule has 0 bridgehead atoms. The number of hydrogen-bond acceptors (Lipinski definition) is 3. The number of halogens is 1. The van der Waals surface area contributed by atoms with Crippen LogP contribution >= 0.6 is 0 Å². The summed E-state index contributed by atoms with van der Waals surface area (Å²) in [6.07, 6.45) is 6.11. The predicted octanol–water partition coefficient (Wildman–Crippen LogP) is 5.06. The lowest BCUT2D eigenvalue weighted by Crippen LogP contribution is -2.67. The molecule has 3 aromatic rings. The summed E-state index contributed by atoms with van der Waals surface area (Å²) in [4.78, 5) is 17.5. The van der Waals surface area contributed by atoms with Crippen LogP contribution in [0, 0.1) is 5.82 Å². The molecule has 0 radical (unpaired) electrons. The molecular formula is C30H31FN2O2. The third kappa shape index (κ3) is 5.07. The van der Waals surface area contributed by atoms with Crippen molar-refractivity contribution in [2.24, 2.45) is 0 Å². The zero-order valence-electron chi connectivity index (χ0n) is 19.8. The first-order chi connectivity index (χ1) is 17.1. The maximum Gasteiger partial charge on any atom is 0.253 e. The van der Waals surface area contributed by atoms with Crippen molar-refractivity contribution in [2.45, 2.75) is 30.8 Å². The van der Waals surface area contributed by atoms with Crippen LogP contribution in [0.4, 0.5) is 4.39 Å². The highest BCUT2D eigenvalue weighted by Gasteiger charge is 2.49. The lowest BCUT2D eigenvalue weighted by molar-refractivity contribution is -0.0606. The largest absolute Gasteiger partial charge is 0.395 e. The summed E-state index contributed by atoms with van der Waals surface area (Å²) in [5, 5.41) is 10.2. The summed E-state index contributed by atoms with van der Waals surface area (Å²) in [6.45, 7) is 2.33. The molecule has 5 rings (SSSR count). The molecule has 4 nitrogen and oxygen atoms in total. The van der Waals surface area contributed by atoms with Gasteiger partial charge in [-0.15, -0.1) is 0 Å². The molecule has 2 heterocycles. The second kappa shape index (κ2) is 10.5. The molecule has 5 heteroatoms. The Balaban J connectivity index is 1.34. The standard InChI is InChI=1S/C30H31FN2O2/c31-26-16-14-25(15-17-26)30(35)32-18-4-5-19-33-27(20-32)29(28(33)21-34)24-12-10-23(11-13-24)9-8-22-6-2-1-3-7-22/h1-3,6-17,27-29,34H,4-5,18-21H2/b9-8+/t27-,28+,29+/m0/s1. The summed E-state index contributed by atoms with van der Waals surface area (Å²) in [6, 6.07) is 24.8. The first kappa shape index (κ1) is 23.5. The zero-order valence-corrected chi connectivity index (χ0v) is 19.8. The average molecular weight is 471 g/mol. The minimum absolute atomic E-state index is 0.0561. The smallest absolute Gasteiger partial charge is 0.253 e. The Kier molecular flexibility index (Phi) is 7.07. The van der Waals surface area contributed by atoms with E-state index in [1.54, 1.807) is 12.1 Å². The van der Waals surface area contributed by atoms with Gasteiger partial charge in [-0.25, -0.2) is 4.39 Å². The van der Waals surface area contributed by atoms with Crippen LogP contribution < -0.4 is 0 Å². The van der Waals surface area contributed by atoms with Gasteiger partial charge in [0.15, 0.2) is 0 Å². The fourth-order valence-electron chi connectivity index (χ4n) is 5.49. The lowest BCUT2D eigenvalue weighted by Gasteiger charge is -2.57. The highest BCUT2D eigenvalue weighted by molar-refractivity contribution is 5.94. The molecule has 0 spiro atoms. The lowest BCUT2D eigenvalue weighted by atomic mass is 9.74. The summed E-state index contributed by atoms with van der Waals surface area (Å²) in [7, 11) is 0. The van der Waals surface area contributed by atoms with Gasteiger partial charge in [-0.1, -0.05) is 66.7 Å². The van der Waals surface area contributed by atoms with Gasteiger partial charge in [-0.2, -0.15) is 0 Å². The van der Waals surface area contributed by atoms with Gasteiger partial charge >= 0.3 is 0 Å². The Hall–Kier alpha value is -3.28. The molecule has 0 aromatic heterocycles. The molecular weight excluding hydrogens is 439 g/mol. The van der Waals surface area contributed by atoms with Crippen LogP contribution in [-0.4, -0.2) is 59.1 Å². The van der Waals surface area contributed by atoms with Gasteiger partial charge in [0, 0.05) is 36.7 Å². The molecule has 35 heavy (non-hydrogen) atoms. The van der Waals surface area contributed by atoms with E-state index in [1.165, 1.54) is 17.7 Å². The fourth-order valence-corrected chi connectivity index (χ4v) is 5.49. The van der Waals surface area contributed by atoms with Gasteiger partial charge in [-0.3, -0.25) is 9.69 Å². The molecule has 2 saturated heterocycles. The maximum atomic E-state index is 13.4. The number of benzene rings is 3. The van der Waals surface area contributed by atoms with Crippen LogP contribution in [0.5, 0.6) is 0 Å². The topological polar surface area (TPSA) is 43.8 Å². The van der Waals surface area contributed by atoms with Crippen LogP contribution in [-0.2, 0) is 0 Å². The van der Waals surface area contributed by atoms with Crippen LogP contribution in [0.3, 0.4) is 0 Å². The highest BCUT2D eigenvalue weighted by atomic mass is 19.1. The highest BCUT2D eigenvalue weighted by Crippen LogP contribution is 2.42. The van der Waals surface area contributed by atoms with Gasteiger partial charge in [-0.05, 0) is 60.3 Å². The van der Waals surface area contributed by atoms with E-state index in [9.17, 15) is 14.3 Å². The molecule has 2 aliphatic rings. The normalized spacial score (nSPS) is 22.8. The number of fused-ring (bicyclic) bond motifs is 1. The molecule has 3 atom stereocenters. The fraction of sp³-hybridized carbons (Fsp3) is 0.300. The quantitative estimate of drug-likeness (QED) is 0.530. The summed E-state index contributed by atoms with van der Waals surface area (Å²) < 4.78 is 13.4. The van der Waals surface area contributed by atoms with Crippen molar-refractivity contribution in [3.05, 3.63) is 107 Å². The average Bonchev–Trinajstić information content (AvgIpc) is 2.88. The van der Waals surface area contributed by atoms with Crippen LogP contribution in [0.15, 0.2) is 78.9 Å². The number of carbonyl (C=O) groups excluding carboxylic acids is 1. The van der Waals surface area contributed by atoms with Crippen molar-refractivity contribution in [1.29, 1.82) is 0 Å². The van der Waals surface area contributed by atoms with E-state index in [2.05, 4.69) is 53.5 Å². The number of hydrogen-bond donors (Lipinski definition) is 1. The second-order valence-corrected chi connectivity index (χ2v) is 9.46. The van der Waals surface area contributed by atoms with E-state index >= 15 is 0 Å². The number of carbonyl (C=O) groups is 1. The molecule has 180 valence electrons. The minimum Gasteiger partial charge on any atom is -0.395 e. The maximum absolute atomic E-state index is 13.4. The molecule has 3 aromatic carbocycles. The SMILES string of the molecule is O=C(c1ccc(F)cc1)N1CCCCN2[C@H](CO)[C@H](c3ccc(/C=C/c4ccccc4)cc3)[C@@H]2C1. The van der Waals surface area contributed by atoms with Crippen molar-refractivity contribution in [3.63, 3.8) is 0 Å². The van der Waals surface area contributed by atoms with Crippen LogP contribution in [0.2, 0.25) is 0 Å². The summed E-state index contributed by atoms with van der Waals surface area (Å²) in [5.74, 6) is -0.236. The van der Waals surface area contributed by atoms with Gasteiger partial charge in [0.1, 0.15) is 5.82 Å². The second-order valence-electron chi connectivity index (χ2n) is 9.46. The predicted molar refractivity (Wildman–Crippen MR) is 137 cm³/mol. The third-order valence-electron chi connectivity index (χ3n) is 7.34. The van der Waals surface area contributed by atoms with Crippen molar-refractivity contribution >= 4 is 18.1 Å². The molecule has 0 aliphatic carbocycles. The molecule has 1 amide bonds. The van der Waals surface area contributed by atoms with E-state index in [1.807, 2.05) is 23.1 Å². The monoisotopic (exact) mass is 470 g/mol. The number of amides is 1. The number of aliphatic hydroxyl groups is 1. The van der Waals surface area contributed by atoms with E-state index < -0.39 is 0 Å². The Bertz CT molecular complexity index is 1160. The molecule has 0 saturated carbocycles. The van der Waals surface area contributed by atoms with Gasteiger partial charge in [0.05, 0.1) is 6.61 Å². The van der Waals surface area contributed by atoms with E-state index in [0.717, 1.165) is 30.5 Å². The Morgan fingerprint density at radius 2 is 1.54 bits per heavy atom. The molecule has 2 aliphatic heterocycles. The Morgan fingerprint density at radius 1 is 0.886 bits per heavy atom. The zero-order chi connectivity index (χ0) is 24.2. The summed E-state index contributed by atoms with van der Waals surface area (Å²) >= 11 is 0. The van der Waals surface area contributed by atoms with Crippen LogP contribution in [0.1, 0.15) is 45.8 Å².